The number of ether oxygens (including phenoxy) is 1. The van der Waals surface area contributed by atoms with Gasteiger partial charge in [0.1, 0.15) is 0 Å². The molecule has 1 aliphatic rings. The van der Waals surface area contributed by atoms with Crippen LogP contribution in [0, 0.1) is 0 Å². The number of hydrogen-bond acceptors (Lipinski definition) is 4. The maximum Gasteiger partial charge on any atom is 0.390 e. The number of hydrogen-bond donors (Lipinski definition) is 1. The maximum absolute atomic E-state index is 12.3. The topological polar surface area (TPSA) is 74.2 Å². The highest BCUT2D eigenvalue weighted by Gasteiger charge is 2.29. The number of piperazine rings is 1. The highest BCUT2D eigenvalue weighted by molar-refractivity contribution is 14.0. The highest BCUT2D eigenvalue weighted by Crippen LogP contribution is 2.18. The second kappa shape index (κ2) is 11.5. The van der Waals surface area contributed by atoms with Gasteiger partial charge in [0.15, 0.2) is 5.96 Å². The van der Waals surface area contributed by atoms with E-state index in [1.807, 2.05) is 13.8 Å². The zero-order chi connectivity index (χ0) is 19.1. The third-order valence-electron chi connectivity index (χ3n) is 3.63. The summed E-state index contributed by atoms with van der Waals surface area (Å²) in [5, 5.41) is 2.66. The monoisotopic (exact) mass is 516 g/mol. The van der Waals surface area contributed by atoms with Gasteiger partial charge < -0.3 is 15.0 Å². The largest absolute Gasteiger partial charge is 0.390 e. The van der Waals surface area contributed by atoms with E-state index in [4.69, 9.17) is 4.74 Å². The summed E-state index contributed by atoms with van der Waals surface area (Å²) in [4.78, 5) is 5.72. The van der Waals surface area contributed by atoms with Gasteiger partial charge in [0.05, 0.1) is 24.9 Å². The lowest BCUT2D eigenvalue weighted by Gasteiger charge is -2.35. The zero-order valence-electron chi connectivity index (χ0n) is 15.3. The first-order valence-corrected chi connectivity index (χ1v) is 9.78. The standard InChI is InChI=1S/C14H27F3N4O3S.HI/c1-12(2)24-10-11-25(22,23)21-8-6-20(7-9-21)13(18-3)19-5-4-14(15,16)17;/h12H,4-11H2,1-3H3,(H,18,19);1H. The Kier molecular flexibility index (Phi) is 11.3. The summed E-state index contributed by atoms with van der Waals surface area (Å²) in [6.45, 7) is 4.83. The summed E-state index contributed by atoms with van der Waals surface area (Å²) in [6, 6.07) is 0. The molecular formula is C14H28F3IN4O3S. The Hall–Kier alpha value is -0.340. The van der Waals surface area contributed by atoms with Gasteiger partial charge in [0, 0.05) is 39.8 Å². The van der Waals surface area contributed by atoms with Gasteiger partial charge in [-0.15, -0.1) is 24.0 Å². The van der Waals surface area contributed by atoms with E-state index in [9.17, 15) is 21.6 Å². The van der Waals surface area contributed by atoms with Crippen molar-refractivity contribution in [3.05, 3.63) is 0 Å². The van der Waals surface area contributed by atoms with Gasteiger partial charge in [-0.25, -0.2) is 8.42 Å². The number of nitrogens with one attached hydrogen (secondary N) is 1. The molecule has 0 unspecified atom stereocenters. The lowest BCUT2D eigenvalue weighted by atomic mass is 10.3. The van der Waals surface area contributed by atoms with E-state index in [2.05, 4.69) is 10.3 Å². The number of alkyl halides is 3. The molecule has 12 heteroatoms. The number of halogens is 4. The summed E-state index contributed by atoms with van der Waals surface area (Å²) in [5.41, 5.74) is 0. The minimum atomic E-state index is -4.23. The van der Waals surface area contributed by atoms with Crippen molar-refractivity contribution in [3.8, 4) is 0 Å². The van der Waals surface area contributed by atoms with E-state index in [-0.39, 0.29) is 62.1 Å². The molecule has 156 valence electrons. The van der Waals surface area contributed by atoms with Gasteiger partial charge in [0.2, 0.25) is 10.0 Å². The maximum atomic E-state index is 12.3. The molecule has 1 rings (SSSR count). The van der Waals surface area contributed by atoms with Crippen molar-refractivity contribution in [3.63, 3.8) is 0 Å². The fourth-order valence-electron chi connectivity index (χ4n) is 2.34. The van der Waals surface area contributed by atoms with Gasteiger partial charge >= 0.3 is 6.18 Å². The van der Waals surface area contributed by atoms with Crippen LogP contribution in [-0.4, -0.2) is 88.0 Å². The average molecular weight is 516 g/mol. The van der Waals surface area contributed by atoms with Crippen molar-refractivity contribution in [1.29, 1.82) is 0 Å². The number of guanidine groups is 1. The lowest BCUT2D eigenvalue weighted by Crippen LogP contribution is -2.54. The number of sulfonamides is 1. The van der Waals surface area contributed by atoms with Crippen LogP contribution in [0.5, 0.6) is 0 Å². The van der Waals surface area contributed by atoms with Crippen LogP contribution >= 0.6 is 24.0 Å². The van der Waals surface area contributed by atoms with Crippen molar-refractivity contribution >= 4 is 40.0 Å². The molecule has 1 fully saturated rings. The van der Waals surface area contributed by atoms with E-state index in [1.54, 1.807) is 4.90 Å². The third-order valence-corrected chi connectivity index (χ3v) is 5.46. The van der Waals surface area contributed by atoms with Crippen LogP contribution in [0.3, 0.4) is 0 Å². The summed E-state index contributed by atoms with van der Waals surface area (Å²) in [6.07, 6.45) is -5.20. The molecule has 0 radical (unpaired) electrons. The Balaban J connectivity index is 0.00000625. The van der Waals surface area contributed by atoms with E-state index in [1.165, 1.54) is 11.4 Å². The minimum Gasteiger partial charge on any atom is -0.378 e. The molecule has 7 nitrogen and oxygen atoms in total. The number of aliphatic imine (C=N–C) groups is 1. The first-order chi connectivity index (χ1) is 11.5. The fourth-order valence-corrected chi connectivity index (χ4v) is 3.63. The number of rotatable bonds is 7. The summed E-state index contributed by atoms with van der Waals surface area (Å²) in [5.74, 6) is 0.272. The van der Waals surface area contributed by atoms with Gasteiger partial charge in [-0.3, -0.25) is 4.99 Å². The molecular weight excluding hydrogens is 488 g/mol. The number of nitrogens with zero attached hydrogens (tertiary/aromatic N) is 3. The van der Waals surface area contributed by atoms with Crippen LogP contribution in [0.25, 0.3) is 0 Å². The SMILES string of the molecule is CN=C(NCCC(F)(F)F)N1CCN(S(=O)(=O)CCOC(C)C)CC1.I. The van der Waals surface area contributed by atoms with E-state index in [0.717, 1.165) is 0 Å². The van der Waals surface area contributed by atoms with Crippen molar-refractivity contribution in [1.82, 2.24) is 14.5 Å². The molecule has 0 aromatic heterocycles. The predicted molar refractivity (Wildman–Crippen MR) is 105 cm³/mol. The summed E-state index contributed by atoms with van der Waals surface area (Å²) < 4.78 is 67.8. The molecule has 0 saturated carbocycles. The summed E-state index contributed by atoms with van der Waals surface area (Å²) >= 11 is 0. The molecule has 1 heterocycles. The first kappa shape index (κ1) is 25.7. The van der Waals surface area contributed by atoms with Gasteiger partial charge in [-0.05, 0) is 13.8 Å². The first-order valence-electron chi connectivity index (χ1n) is 8.17. The Morgan fingerprint density at radius 2 is 1.81 bits per heavy atom. The minimum absolute atomic E-state index is 0. The molecule has 0 bridgehead atoms. The smallest absolute Gasteiger partial charge is 0.378 e. The van der Waals surface area contributed by atoms with Crippen LogP contribution in [0.4, 0.5) is 13.2 Å². The van der Waals surface area contributed by atoms with Crippen LogP contribution in [0.1, 0.15) is 20.3 Å². The average Bonchev–Trinajstić information content (AvgIpc) is 2.50. The van der Waals surface area contributed by atoms with Crippen molar-refractivity contribution in [2.75, 3.05) is 52.1 Å². The summed E-state index contributed by atoms with van der Waals surface area (Å²) in [7, 11) is -1.91. The van der Waals surface area contributed by atoms with Gasteiger partial charge in [-0.1, -0.05) is 0 Å². The third kappa shape index (κ3) is 9.55. The zero-order valence-corrected chi connectivity index (χ0v) is 18.4. The Bertz CT molecular complexity index is 536. The molecule has 0 aromatic carbocycles. The van der Waals surface area contributed by atoms with Crippen molar-refractivity contribution in [2.24, 2.45) is 4.99 Å². The molecule has 0 spiro atoms. The Morgan fingerprint density at radius 3 is 2.27 bits per heavy atom. The van der Waals surface area contributed by atoms with Crippen LogP contribution in [-0.2, 0) is 14.8 Å². The predicted octanol–water partition coefficient (Wildman–Crippen LogP) is 1.50. The molecule has 0 aromatic rings. The molecule has 26 heavy (non-hydrogen) atoms. The fraction of sp³-hybridized carbons (Fsp3) is 0.929. The van der Waals surface area contributed by atoms with E-state index in [0.29, 0.717) is 19.0 Å². The molecule has 0 amide bonds. The van der Waals surface area contributed by atoms with Crippen LogP contribution < -0.4 is 5.32 Å². The molecule has 1 saturated heterocycles. The molecule has 0 atom stereocenters. The van der Waals surface area contributed by atoms with Crippen LogP contribution in [0.2, 0.25) is 0 Å². The molecule has 0 aliphatic carbocycles. The lowest BCUT2D eigenvalue weighted by molar-refractivity contribution is -0.132. The quantitative estimate of drug-likeness (QED) is 0.316. The Morgan fingerprint density at radius 1 is 1.23 bits per heavy atom. The second-order valence-electron chi connectivity index (χ2n) is 5.96. The van der Waals surface area contributed by atoms with Gasteiger partial charge in [0.25, 0.3) is 0 Å². The van der Waals surface area contributed by atoms with E-state index < -0.39 is 22.6 Å². The van der Waals surface area contributed by atoms with Gasteiger partial charge in [-0.2, -0.15) is 17.5 Å². The second-order valence-corrected chi connectivity index (χ2v) is 8.05. The molecule has 1 N–H and O–H groups in total. The van der Waals surface area contributed by atoms with Crippen molar-refractivity contribution < 1.29 is 26.3 Å². The van der Waals surface area contributed by atoms with Crippen molar-refractivity contribution in [2.45, 2.75) is 32.5 Å². The normalized spacial score (nSPS) is 17.3. The molecule has 1 aliphatic heterocycles. The van der Waals surface area contributed by atoms with E-state index >= 15 is 0 Å². The highest BCUT2D eigenvalue weighted by atomic mass is 127. The Labute approximate surface area is 170 Å². The van der Waals surface area contributed by atoms with Crippen LogP contribution in [0.15, 0.2) is 4.99 Å².